The normalized spacial score (nSPS) is 21.3. The fourth-order valence-electron chi connectivity index (χ4n) is 3.71. The monoisotopic (exact) mass is 502 g/mol. The third kappa shape index (κ3) is 6.86. The largest absolute Gasteiger partial charge is 0.379 e. The molecule has 158 valence electrons. The molecule has 2 aliphatic rings. The van der Waals surface area contributed by atoms with Gasteiger partial charge in [0, 0.05) is 39.3 Å². The Hall–Kier alpha value is -0.900. The average molecular weight is 502 g/mol. The van der Waals surface area contributed by atoms with E-state index in [0.717, 1.165) is 78.0 Å². The lowest BCUT2D eigenvalue weighted by Crippen LogP contribution is -2.48. The van der Waals surface area contributed by atoms with Gasteiger partial charge in [-0.15, -0.1) is 24.0 Å². The lowest BCUT2D eigenvalue weighted by atomic mass is 10.0. The Balaban J connectivity index is 0.00000280. The van der Waals surface area contributed by atoms with Gasteiger partial charge in [0.05, 0.1) is 26.4 Å². The van der Waals surface area contributed by atoms with Crippen LogP contribution in [0.4, 0.5) is 0 Å². The fourth-order valence-corrected chi connectivity index (χ4v) is 3.71. The number of nitrogens with zero attached hydrogens (tertiary/aromatic N) is 3. The van der Waals surface area contributed by atoms with Crippen molar-refractivity contribution in [1.82, 2.24) is 15.1 Å². The molecule has 0 bridgehead atoms. The van der Waals surface area contributed by atoms with Crippen LogP contribution in [0.2, 0.25) is 0 Å². The molecule has 2 heterocycles. The molecule has 2 saturated heterocycles. The topological polar surface area (TPSA) is 49.3 Å². The van der Waals surface area contributed by atoms with Gasteiger partial charge in [-0.2, -0.15) is 0 Å². The van der Waals surface area contributed by atoms with E-state index in [1.807, 2.05) is 0 Å². The highest BCUT2D eigenvalue weighted by atomic mass is 127. The molecule has 2 aliphatic heterocycles. The lowest BCUT2D eigenvalue weighted by Gasteiger charge is -2.36. The van der Waals surface area contributed by atoms with Gasteiger partial charge >= 0.3 is 0 Å². The minimum absolute atomic E-state index is 0. The molecule has 3 rings (SSSR count). The van der Waals surface area contributed by atoms with Crippen LogP contribution in [0.3, 0.4) is 0 Å². The van der Waals surface area contributed by atoms with Crippen LogP contribution in [0.1, 0.15) is 30.6 Å². The van der Waals surface area contributed by atoms with Gasteiger partial charge < -0.3 is 19.7 Å². The Labute approximate surface area is 186 Å². The number of guanidine groups is 1. The maximum Gasteiger partial charge on any atom is 0.194 e. The molecule has 0 spiro atoms. The molecule has 0 amide bonds. The summed E-state index contributed by atoms with van der Waals surface area (Å²) in [5, 5.41) is 3.46. The van der Waals surface area contributed by atoms with Crippen molar-refractivity contribution in [2.75, 3.05) is 65.6 Å². The molecule has 28 heavy (non-hydrogen) atoms. The van der Waals surface area contributed by atoms with Gasteiger partial charge in [0.25, 0.3) is 0 Å². The third-order valence-electron chi connectivity index (χ3n) is 5.23. The van der Waals surface area contributed by atoms with E-state index < -0.39 is 0 Å². The number of aliphatic imine (C=N–C) groups is 1. The van der Waals surface area contributed by atoms with Gasteiger partial charge in [0.1, 0.15) is 6.10 Å². The molecule has 0 aromatic heterocycles. The number of ether oxygens (including phenoxy) is 2. The van der Waals surface area contributed by atoms with Crippen LogP contribution in [0, 0.1) is 6.92 Å². The predicted octanol–water partition coefficient (Wildman–Crippen LogP) is 2.67. The SMILES string of the molecule is CCNC(=NCCCN1CCOCC1)N1CCOC(c2ccccc2C)C1.I. The summed E-state index contributed by atoms with van der Waals surface area (Å²) in [6.45, 7) is 13.4. The Bertz CT molecular complexity index is 608. The number of halogens is 1. The summed E-state index contributed by atoms with van der Waals surface area (Å²) < 4.78 is 11.5. The minimum atomic E-state index is 0. The molecule has 0 aliphatic carbocycles. The number of rotatable bonds is 6. The number of morpholine rings is 2. The molecule has 1 atom stereocenters. The van der Waals surface area contributed by atoms with E-state index in [9.17, 15) is 0 Å². The summed E-state index contributed by atoms with van der Waals surface area (Å²) in [4.78, 5) is 9.70. The number of hydrogen-bond acceptors (Lipinski definition) is 4. The van der Waals surface area contributed by atoms with Gasteiger partial charge in [-0.1, -0.05) is 24.3 Å². The highest BCUT2D eigenvalue weighted by Crippen LogP contribution is 2.24. The maximum atomic E-state index is 6.07. The molecule has 1 aromatic carbocycles. The van der Waals surface area contributed by atoms with Crippen LogP contribution in [0.15, 0.2) is 29.3 Å². The van der Waals surface area contributed by atoms with Gasteiger partial charge in [-0.25, -0.2) is 0 Å². The van der Waals surface area contributed by atoms with E-state index in [4.69, 9.17) is 14.5 Å². The second-order valence-corrected chi connectivity index (χ2v) is 7.21. The smallest absolute Gasteiger partial charge is 0.194 e. The molecule has 1 N–H and O–H groups in total. The summed E-state index contributed by atoms with van der Waals surface area (Å²) in [7, 11) is 0. The van der Waals surface area contributed by atoms with Crippen LogP contribution in [0.25, 0.3) is 0 Å². The number of nitrogens with one attached hydrogen (secondary N) is 1. The van der Waals surface area contributed by atoms with Crippen molar-refractivity contribution >= 4 is 29.9 Å². The minimum Gasteiger partial charge on any atom is -0.379 e. The molecular formula is C21H35IN4O2. The van der Waals surface area contributed by atoms with Crippen LogP contribution in [-0.4, -0.2) is 81.4 Å². The molecule has 1 aromatic rings. The zero-order valence-corrected chi connectivity index (χ0v) is 19.6. The van der Waals surface area contributed by atoms with Crippen molar-refractivity contribution in [2.24, 2.45) is 4.99 Å². The molecular weight excluding hydrogens is 467 g/mol. The average Bonchev–Trinajstić information content (AvgIpc) is 2.71. The van der Waals surface area contributed by atoms with Crippen LogP contribution in [-0.2, 0) is 9.47 Å². The van der Waals surface area contributed by atoms with Gasteiger partial charge in [0.15, 0.2) is 5.96 Å². The van der Waals surface area contributed by atoms with E-state index in [1.54, 1.807) is 0 Å². The van der Waals surface area contributed by atoms with Crippen LogP contribution < -0.4 is 5.32 Å². The third-order valence-corrected chi connectivity index (χ3v) is 5.23. The van der Waals surface area contributed by atoms with Crippen molar-refractivity contribution in [3.63, 3.8) is 0 Å². The molecule has 7 heteroatoms. The second kappa shape index (κ2) is 12.6. The van der Waals surface area contributed by atoms with Gasteiger partial charge in [-0.05, 0) is 31.4 Å². The van der Waals surface area contributed by atoms with Gasteiger partial charge in [0.2, 0.25) is 0 Å². The van der Waals surface area contributed by atoms with Crippen molar-refractivity contribution in [1.29, 1.82) is 0 Å². The first-order chi connectivity index (χ1) is 13.3. The zero-order chi connectivity index (χ0) is 18.9. The number of hydrogen-bond donors (Lipinski definition) is 1. The Morgan fingerprint density at radius 3 is 2.71 bits per heavy atom. The molecule has 0 saturated carbocycles. The van der Waals surface area contributed by atoms with Crippen molar-refractivity contribution in [2.45, 2.75) is 26.4 Å². The first kappa shape index (κ1) is 23.4. The van der Waals surface area contributed by atoms with Crippen molar-refractivity contribution in [3.8, 4) is 0 Å². The first-order valence-corrected chi connectivity index (χ1v) is 10.3. The summed E-state index contributed by atoms with van der Waals surface area (Å²) in [5.41, 5.74) is 2.57. The van der Waals surface area contributed by atoms with E-state index in [2.05, 4.69) is 53.2 Å². The fraction of sp³-hybridized carbons (Fsp3) is 0.667. The second-order valence-electron chi connectivity index (χ2n) is 7.21. The highest BCUT2D eigenvalue weighted by Gasteiger charge is 2.25. The quantitative estimate of drug-likeness (QED) is 0.281. The summed E-state index contributed by atoms with van der Waals surface area (Å²) in [5.74, 6) is 1.02. The highest BCUT2D eigenvalue weighted by molar-refractivity contribution is 14.0. The van der Waals surface area contributed by atoms with Crippen molar-refractivity contribution < 1.29 is 9.47 Å². The van der Waals surface area contributed by atoms with Crippen LogP contribution >= 0.6 is 24.0 Å². The Morgan fingerprint density at radius 1 is 1.18 bits per heavy atom. The molecule has 1 unspecified atom stereocenters. The van der Waals surface area contributed by atoms with Gasteiger partial charge in [-0.3, -0.25) is 9.89 Å². The Morgan fingerprint density at radius 2 is 1.96 bits per heavy atom. The molecule has 6 nitrogen and oxygen atoms in total. The predicted molar refractivity (Wildman–Crippen MR) is 125 cm³/mol. The summed E-state index contributed by atoms with van der Waals surface area (Å²) >= 11 is 0. The van der Waals surface area contributed by atoms with E-state index in [-0.39, 0.29) is 30.1 Å². The van der Waals surface area contributed by atoms with E-state index in [1.165, 1.54) is 11.1 Å². The standard InChI is InChI=1S/C21H34N4O2.HI/c1-3-22-21(23-9-6-10-24-11-14-26-15-12-24)25-13-16-27-20(17-25)19-8-5-4-7-18(19)2;/h4-5,7-8,20H,3,6,9-17H2,1-2H3,(H,22,23);1H. The number of aryl methyl sites for hydroxylation is 1. The number of benzene rings is 1. The molecule has 2 fully saturated rings. The van der Waals surface area contributed by atoms with Crippen LogP contribution in [0.5, 0.6) is 0 Å². The Kier molecular flexibility index (Phi) is 10.5. The first-order valence-electron chi connectivity index (χ1n) is 10.3. The summed E-state index contributed by atoms with van der Waals surface area (Å²) in [6, 6.07) is 8.51. The van der Waals surface area contributed by atoms with E-state index in [0.29, 0.717) is 0 Å². The maximum absolute atomic E-state index is 6.07. The molecule has 0 radical (unpaired) electrons. The van der Waals surface area contributed by atoms with E-state index >= 15 is 0 Å². The summed E-state index contributed by atoms with van der Waals surface area (Å²) in [6.07, 6.45) is 1.19. The zero-order valence-electron chi connectivity index (χ0n) is 17.2. The lowest BCUT2D eigenvalue weighted by molar-refractivity contribution is -0.00833. The van der Waals surface area contributed by atoms with Crippen molar-refractivity contribution in [3.05, 3.63) is 35.4 Å².